The molecule has 1 N–H and O–H groups in total. The first kappa shape index (κ1) is 12.5. The number of halogens is 1. The number of hydrogen-bond acceptors (Lipinski definition) is 2. The van der Waals surface area contributed by atoms with Crippen molar-refractivity contribution in [1.82, 2.24) is 10.2 Å². The molecule has 0 radical (unpaired) electrons. The van der Waals surface area contributed by atoms with Crippen LogP contribution in [0, 0.1) is 12.7 Å². The first-order valence-corrected chi connectivity index (χ1v) is 6.33. The average Bonchev–Trinajstić information content (AvgIpc) is 3.10. The molecule has 1 aliphatic rings. The summed E-state index contributed by atoms with van der Waals surface area (Å²) in [4.78, 5) is 2.41. The fraction of sp³-hybridized carbons (Fsp3) is 0.571. The Kier molecular flexibility index (Phi) is 4.13. The zero-order chi connectivity index (χ0) is 12.3. The van der Waals surface area contributed by atoms with Crippen molar-refractivity contribution >= 4 is 0 Å². The highest BCUT2D eigenvalue weighted by atomic mass is 19.1. The van der Waals surface area contributed by atoms with Gasteiger partial charge in [-0.3, -0.25) is 0 Å². The molecule has 1 aromatic carbocycles. The molecule has 0 saturated heterocycles. The SMILES string of the molecule is Cc1cc(F)ccc1CNCCN(C)C1CC1. The van der Waals surface area contributed by atoms with Gasteiger partial charge in [0, 0.05) is 25.7 Å². The third kappa shape index (κ3) is 3.79. The predicted octanol–water partition coefficient (Wildman–Crippen LogP) is 2.32. The molecule has 94 valence electrons. The second kappa shape index (κ2) is 5.61. The van der Waals surface area contributed by atoms with E-state index >= 15 is 0 Å². The number of nitrogens with one attached hydrogen (secondary N) is 1. The van der Waals surface area contributed by atoms with Crippen molar-refractivity contribution in [2.45, 2.75) is 32.4 Å². The second-order valence-electron chi connectivity index (χ2n) is 4.96. The van der Waals surface area contributed by atoms with Crippen molar-refractivity contribution in [2.24, 2.45) is 0 Å². The smallest absolute Gasteiger partial charge is 0.123 e. The van der Waals surface area contributed by atoms with E-state index in [1.165, 1.54) is 24.5 Å². The molecule has 3 heteroatoms. The molecule has 1 saturated carbocycles. The highest BCUT2D eigenvalue weighted by Crippen LogP contribution is 2.24. The lowest BCUT2D eigenvalue weighted by atomic mass is 10.1. The number of aryl methyl sites for hydroxylation is 1. The minimum Gasteiger partial charge on any atom is -0.311 e. The van der Waals surface area contributed by atoms with Gasteiger partial charge in [0.25, 0.3) is 0 Å². The average molecular weight is 236 g/mol. The third-order valence-electron chi connectivity index (χ3n) is 3.43. The monoisotopic (exact) mass is 236 g/mol. The fourth-order valence-corrected chi connectivity index (χ4v) is 2.03. The summed E-state index contributed by atoms with van der Waals surface area (Å²) in [5.41, 5.74) is 2.20. The van der Waals surface area contributed by atoms with Gasteiger partial charge in [0.05, 0.1) is 0 Å². The molecular formula is C14H21FN2. The predicted molar refractivity (Wildman–Crippen MR) is 68.5 cm³/mol. The van der Waals surface area contributed by atoms with E-state index in [4.69, 9.17) is 0 Å². The van der Waals surface area contributed by atoms with E-state index in [-0.39, 0.29) is 5.82 Å². The van der Waals surface area contributed by atoms with Crippen LogP contribution in [0.5, 0.6) is 0 Å². The largest absolute Gasteiger partial charge is 0.311 e. The molecule has 0 heterocycles. The highest BCUT2D eigenvalue weighted by Gasteiger charge is 2.25. The van der Waals surface area contributed by atoms with Gasteiger partial charge in [-0.15, -0.1) is 0 Å². The number of rotatable bonds is 6. The van der Waals surface area contributed by atoms with Crippen molar-refractivity contribution in [1.29, 1.82) is 0 Å². The van der Waals surface area contributed by atoms with E-state index in [0.717, 1.165) is 31.2 Å². The number of likely N-dealkylation sites (N-methyl/N-ethyl adjacent to an activating group) is 1. The molecule has 0 unspecified atom stereocenters. The maximum absolute atomic E-state index is 12.9. The Balaban J connectivity index is 1.70. The van der Waals surface area contributed by atoms with Crippen molar-refractivity contribution in [3.63, 3.8) is 0 Å². The van der Waals surface area contributed by atoms with Gasteiger partial charge in [-0.1, -0.05) is 6.07 Å². The molecule has 1 aromatic rings. The Hall–Kier alpha value is -0.930. The normalized spacial score (nSPS) is 15.5. The van der Waals surface area contributed by atoms with Gasteiger partial charge in [-0.2, -0.15) is 0 Å². The summed E-state index contributed by atoms with van der Waals surface area (Å²) in [6.07, 6.45) is 2.71. The molecular weight excluding hydrogens is 215 g/mol. The molecule has 2 nitrogen and oxygen atoms in total. The second-order valence-corrected chi connectivity index (χ2v) is 4.96. The Morgan fingerprint density at radius 3 is 2.82 bits per heavy atom. The third-order valence-corrected chi connectivity index (χ3v) is 3.43. The van der Waals surface area contributed by atoms with Crippen molar-refractivity contribution in [3.05, 3.63) is 35.1 Å². The van der Waals surface area contributed by atoms with Gasteiger partial charge >= 0.3 is 0 Å². The maximum atomic E-state index is 12.9. The van der Waals surface area contributed by atoms with Crippen LogP contribution in [-0.2, 0) is 6.54 Å². The first-order valence-electron chi connectivity index (χ1n) is 6.33. The van der Waals surface area contributed by atoms with Crippen LogP contribution in [0.2, 0.25) is 0 Å². The standard InChI is InChI=1S/C14H21FN2/c1-11-9-13(15)4-3-12(11)10-16-7-8-17(2)14-5-6-14/h3-4,9,14,16H,5-8,10H2,1-2H3. The molecule has 17 heavy (non-hydrogen) atoms. The van der Waals surface area contributed by atoms with Crippen LogP contribution in [0.3, 0.4) is 0 Å². The molecule has 0 bridgehead atoms. The number of benzene rings is 1. The molecule has 0 amide bonds. The van der Waals surface area contributed by atoms with E-state index in [2.05, 4.69) is 17.3 Å². The quantitative estimate of drug-likeness (QED) is 0.763. The highest BCUT2D eigenvalue weighted by molar-refractivity contribution is 5.26. The molecule has 2 rings (SSSR count). The Bertz CT molecular complexity index is 374. The number of nitrogens with zero attached hydrogens (tertiary/aromatic N) is 1. The van der Waals surface area contributed by atoms with E-state index in [0.29, 0.717) is 0 Å². The van der Waals surface area contributed by atoms with E-state index < -0.39 is 0 Å². The molecule has 0 aromatic heterocycles. The van der Waals surface area contributed by atoms with Gasteiger partial charge in [0.15, 0.2) is 0 Å². The summed E-state index contributed by atoms with van der Waals surface area (Å²) in [6.45, 7) is 4.86. The van der Waals surface area contributed by atoms with E-state index in [9.17, 15) is 4.39 Å². The van der Waals surface area contributed by atoms with E-state index in [1.807, 2.05) is 13.0 Å². The minimum atomic E-state index is -0.153. The Morgan fingerprint density at radius 2 is 2.18 bits per heavy atom. The van der Waals surface area contributed by atoms with E-state index in [1.54, 1.807) is 6.07 Å². The first-order chi connectivity index (χ1) is 8.16. The minimum absolute atomic E-state index is 0.153. The van der Waals surface area contributed by atoms with Gasteiger partial charge in [0.1, 0.15) is 5.82 Å². The van der Waals surface area contributed by atoms with Crippen LogP contribution in [0.4, 0.5) is 4.39 Å². The van der Waals surface area contributed by atoms with Crippen molar-refractivity contribution in [3.8, 4) is 0 Å². The van der Waals surface area contributed by atoms with Crippen LogP contribution in [-0.4, -0.2) is 31.1 Å². The molecule has 1 aliphatic carbocycles. The summed E-state index contributed by atoms with van der Waals surface area (Å²) in [5.74, 6) is -0.153. The summed E-state index contributed by atoms with van der Waals surface area (Å²) in [6, 6.07) is 5.81. The lowest BCUT2D eigenvalue weighted by molar-refractivity contribution is 0.321. The molecule has 1 fully saturated rings. The number of hydrogen-bond donors (Lipinski definition) is 1. The van der Waals surface area contributed by atoms with Crippen LogP contribution in [0.25, 0.3) is 0 Å². The Labute approximate surface area is 103 Å². The molecule has 0 spiro atoms. The summed E-state index contributed by atoms with van der Waals surface area (Å²) < 4.78 is 12.9. The van der Waals surface area contributed by atoms with Gasteiger partial charge in [-0.05, 0) is 50.1 Å². The summed E-state index contributed by atoms with van der Waals surface area (Å²) in [7, 11) is 2.18. The molecule has 0 atom stereocenters. The van der Waals surface area contributed by atoms with Gasteiger partial charge < -0.3 is 10.2 Å². The Morgan fingerprint density at radius 1 is 1.41 bits per heavy atom. The summed E-state index contributed by atoms with van der Waals surface area (Å²) >= 11 is 0. The van der Waals surface area contributed by atoms with Crippen LogP contribution in [0.15, 0.2) is 18.2 Å². The molecule has 0 aliphatic heterocycles. The van der Waals surface area contributed by atoms with Crippen LogP contribution >= 0.6 is 0 Å². The van der Waals surface area contributed by atoms with Crippen molar-refractivity contribution < 1.29 is 4.39 Å². The fourth-order valence-electron chi connectivity index (χ4n) is 2.03. The van der Waals surface area contributed by atoms with Gasteiger partial charge in [-0.25, -0.2) is 4.39 Å². The van der Waals surface area contributed by atoms with Crippen LogP contribution in [0.1, 0.15) is 24.0 Å². The van der Waals surface area contributed by atoms with Crippen molar-refractivity contribution in [2.75, 3.05) is 20.1 Å². The zero-order valence-corrected chi connectivity index (χ0v) is 10.7. The summed E-state index contributed by atoms with van der Waals surface area (Å²) in [5, 5.41) is 3.41. The van der Waals surface area contributed by atoms with Crippen LogP contribution < -0.4 is 5.32 Å². The topological polar surface area (TPSA) is 15.3 Å². The maximum Gasteiger partial charge on any atom is 0.123 e. The van der Waals surface area contributed by atoms with Gasteiger partial charge in [0.2, 0.25) is 0 Å². The zero-order valence-electron chi connectivity index (χ0n) is 10.7. The lowest BCUT2D eigenvalue weighted by Crippen LogP contribution is -2.30. The lowest BCUT2D eigenvalue weighted by Gasteiger charge is -2.16.